The lowest BCUT2D eigenvalue weighted by Crippen LogP contribution is -2.54. The van der Waals surface area contributed by atoms with Crippen LogP contribution in [0.4, 0.5) is 0 Å². The number of carbonyl (C=O) groups is 3. The molecule has 9 nitrogen and oxygen atoms in total. The molecule has 2 atom stereocenters. The minimum absolute atomic E-state index is 0.151. The molecule has 9 heteroatoms. The van der Waals surface area contributed by atoms with Gasteiger partial charge in [-0.15, -0.1) is 0 Å². The van der Waals surface area contributed by atoms with Gasteiger partial charge < -0.3 is 32.9 Å². The molecular weight excluding hydrogens is 290 g/mol. The summed E-state index contributed by atoms with van der Waals surface area (Å²) in [5.41, 5.74) is 16.2. The van der Waals surface area contributed by atoms with Crippen LogP contribution >= 0.6 is 0 Å². The van der Waals surface area contributed by atoms with Crippen molar-refractivity contribution in [3.05, 3.63) is 0 Å². The van der Waals surface area contributed by atoms with Crippen molar-refractivity contribution in [1.82, 2.24) is 10.6 Å². The summed E-state index contributed by atoms with van der Waals surface area (Å²) in [5.74, 6) is -2.11. The summed E-state index contributed by atoms with van der Waals surface area (Å²) < 4.78 is 0. The molecule has 2 amide bonds. The number of amides is 2. The van der Waals surface area contributed by atoms with Crippen LogP contribution in [-0.2, 0) is 14.4 Å². The molecule has 0 aliphatic rings. The van der Waals surface area contributed by atoms with Gasteiger partial charge in [-0.3, -0.25) is 14.4 Å². The quantitative estimate of drug-likeness (QED) is 0.263. The molecular formula is C13H27N5O4. The van der Waals surface area contributed by atoms with Gasteiger partial charge in [0.25, 0.3) is 0 Å². The van der Waals surface area contributed by atoms with Gasteiger partial charge in [0.05, 0.1) is 12.5 Å². The second-order valence-corrected chi connectivity index (χ2v) is 5.58. The predicted molar refractivity (Wildman–Crippen MR) is 81.7 cm³/mol. The molecule has 0 aromatic rings. The molecule has 9 N–H and O–H groups in total. The van der Waals surface area contributed by atoms with Gasteiger partial charge in [0.15, 0.2) is 0 Å². The SMILES string of the molecule is CC(C)CC(NC(=O)CC(N)C(=O)O)C(=O)NC(CN)CN. The second kappa shape index (κ2) is 10.1. The molecule has 128 valence electrons. The summed E-state index contributed by atoms with van der Waals surface area (Å²) in [6.07, 6.45) is 0.0101. The zero-order chi connectivity index (χ0) is 17.3. The van der Waals surface area contributed by atoms with Crippen LogP contribution in [0.15, 0.2) is 0 Å². The summed E-state index contributed by atoms with van der Waals surface area (Å²) >= 11 is 0. The van der Waals surface area contributed by atoms with E-state index in [9.17, 15) is 14.4 Å². The zero-order valence-electron chi connectivity index (χ0n) is 13.0. The summed E-state index contributed by atoms with van der Waals surface area (Å²) in [5, 5.41) is 13.9. The molecule has 0 aromatic carbocycles. The van der Waals surface area contributed by atoms with Crippen molar-refractivity contribution >= 4 is 17.8 Å². The van der Waals surface area contributed by atoms with Crippen molar-refractivity contribution in [3.63, 3.8) is 0 Å². The summed E-state index contributed by atoms with van der Waals surface area (Å²) in [6.45, 7) is 4.18. The van der Waals surface area contributed by atoms with Gasteiger partial charge >= 0.3 is 5.97 Å². The van der Waals surface area contributed by atoms with Gasteiger partial charge in [-0.05, 0) is 12.3 Å². The van der Waals surface area contributed by atoms with Gasteiger partial charge in [0.2, 0.25) is 11.8 Å². The maximum atomic E-state index is 12.2. The monoisotopic (exact) mass is 317 g/mol. The first-order valence-corrected chi connectivity index (χ1v) is 7.19. The number of carbonyl (C=O) groups excluding carboxylic acids is 2. The van der Waals surface area contributed by atoms with Crippen molar-refractivity contribution in [1.29, 1.82) is 0 Å². The summed E-state index contributed by atoms with van der Waals surface area (Å²) in [7, 11) is 0. The van der Waals surface area contributed by atoms with Gasteiger partial charge in [0, 0.05) is 13.1 Å². The third kappa shape index (κ3) is 7.91. The first-order valence-electron chi connectivity index (χ1n) is 7.19. The molecule has 0 saturated heterocycles. The number of nitrogens with one attached hydrogen (secondary N) is 2. The predicted octanol–water partition coefficient (Wildman–Crippen LogP) is -2.28. The molecule has 2 unspecified atom stereocenters. The van der Waals surface area contributed by atoms with Crippen LogP contribution in [0.2, 0.25) is 0 Å². The highest BCUT2D eigenvalue weighted by molar-refractivity contribution is 5.89. The Bertz CT molecular complexity index is 385. The fourth-order valence-corrected chi connectivity index (χ4v) is 1.76. The molecule has 0 fully saturated rings. The van der Waals surface area contributed by atoms with Gasteiger partial charge in [0.1, 0.15) is 12.1 Å². The minimum Gasteiger partial charge on any atom is -0.480 e. The van der Waals surface area contributed by atoms with Crippen LogP contribution < -0.4 is 27.8 Å². The lowest BCUT2D eigenvalue weighted by Gasteiger charge is -2.23. The largest absolute Gasteiger partial charge is 0.480 e. The first kappa shape index (κ1) is 20.3. The molecule has 0 aliphatic carbocycles. The number of carboxylic acids is 1. The Hall–Kier alpha value is -1.71. The van der Waals surface area contributed by atoms with E-state index in [4.69, 9.17) is 22.3 Å². The average Bonchev–Trinajstić information content (AvgIpc) is 2.42. The van der Waals surface area contributed by atoms with E-state index in [1.165, 1.54) is 0 Å². The fraction of sp³-hybridized carbons (Fsp3) is 0.769. The summed E-state index contributed by atoms with van der Waals surface area (Å²) in [4.78, 5) is 34.6. The van der Waals surface area contributed by atoms with Crippen molar-refractivity contribution in [2.75, 3.05) is 13.1 Å². The second-order valence-electron chi connectivity index (χ2n) is 5.58. The summed E-state index contributed by atoms with van der Waals surface area (Å²) in [6, 6.07) is -2.46. The molecule has 0 heterocycles. The topological polar surface area (TPSA) is 174 Å². The van der Waals surface area contributed by atoms with E-state index in [0.717, 1.165) is 0 Å². The average molecular weight is 317 g/mol. The maximum absolute atomic E-state index is 12.2. The Morgan fingerprint density at radius 3 is 2.05 bits per heavy atom. The molecule has 0 bridgehead atoms. The molecule has 0 rings (SSSR count). The Morgan fingerprint density at radius 2 is 1.64 bits per heavy atom. The van der Waals surface area contributed by atoms with Crippen LogP contribution in [0.25, 0.3) is 0 Å². The van der Waals surface area contributed by atoms with Crippen LogP contribution in [-0.4, -0.2) is 54.1 Å². The van der Waals surface area contributed by atoms with Crippen LogP contribution in [0.5, 0.6) is 0 Å². The molecule has 0 radical (unpaired) electrons. The highest BCUT2D eigenvalue weighted by Crippen LogP contribution is 2.06. The third-order valence-corrected chi connectivity index (χ3v) is 3.00. The lowest BCUT2D eigenvalue weighted by atomic mass is 10.0. The van der Waals surface area contributed by atoms with E-state index in [0.29, 0.717) is 6.42 Å². The van der Waals surface area contributed by atoms with Crippen molar-refractivity contribution < 1.29 is 19.5 Å². The first-order chi connectivity index (χ1) is 10.2. The van der Waals surface area contributed by atoms with E-state index in [-0.39, 0.29) is 25.0 Å². The molecule has 0 aliphatic heterocycles. The number of rotatable bonds is 10. The van der Waals surface area contributed by atoms with Gasteiger partial charge in [-0.25, -0.2) is 0 Å². The van der Waals surface area contributed by atoms with Gasteiger partial charge in [-0.1, -0.05) is 13.8 Å². The number of nitrogens with two attached hydrogens (primary N) is 3. The van der Waals surface area contributed by atoms with E-state index >= 15 is 0 Å². The normalized spacial score (nSPS) is 13.8. The van der Waals surface area contributed by atoms with Crippen molar-refractivity contribution in [2.24, 2.45) is 23.1 Å². The highest BCUT2D eigenvalue weighted by atomic mass is 16.4. The Morgan fingerprint density at radius 1 is 1.09 bits per heavy atom. The Balaban J connectivity index is 4.72. The van der Waals surface area contributed by atoms with E-state index < -0.39 is 36.3 Å². The Labute approximate surface area is 130 Å². The lowest BCUT2D eigenvalue weighted by molar-refractivity contribution is -0.140. The van der Waals surface area contributed by atoms with Crippen LogP contribution in [0.1, 0.15) is 26.7 Å². The zero-order valence-corrected chi connectivity index (χ0v) is 13.0. The Kier molecular flexibility index (Phi) is 9.31. The van der Waals surface area contributed by atoms with E-state index in [1.54, 1.807) is 0 Å². The van der Waals surface area contributed by atoms with Gasteiger partial charge in [-0.2, -0.15) is 0 Å². The number of aliphatic carboxylic acids is 1. The van der Waals surface area contributed by atoms with E-state index in [2.05, 4.69) is 10.6 Å². The number of hydrogen-bond acceptors (Lipinski definition) is 6. The van der Waals surface area contributed by atoms with Crippen LogP contribution in [0, 0.1) is 5.92 Å². The molecule has 22 heavy (non-hydrogen) atoms. The minimum atomic E-state index is -1.30. The maximum Gasteiger partial charge on any atom is 0.321 e. The molecule has 0 spiro atoms. The standard InChI is InChI=1S/C13H27N5O4/c1-7(2)3-10(12(20)17-8(5-14)6-15)18-11(19)4-9(16)13(21)22/h7-10H,3-6,14-16H2,1-2H3,(H,17,20)(H,18,19)(H,21,22). The third-order valence-electron chi connectivity index (χ3n) is 3.00. The van der Waals surface area contributed by atoms with Crippen LogP contribution in [0.3, 0.4) is 0 Å². The fourth-order valence-electron chi connectivity index (χ4n) is 1.76. The molecule has 0 aromatic heterocycles. The number of carboxylic acid groups (broad SMARTS) is 1. The smallest absolute Gasteiger partial charge is 0.321 e. The number of hydrogen-bond donors (Lipinski definition) is 6. The van der Waals surface area contributed by atoms with Crippen molar-refractivity contribution in [3.8, 4) is 0 Å². The van der Waals surface area contributed by atoms with E-state index in [1.807, 2.05) is 13.8 Å². The highest BCUT2D eigenvalue weighted by Gasteiger charge is 2.25. The molecule has 0 saturated carbocycles. The van der Waals surface area contributed by atoms with Crippen molar-refractivity contribution in [2.45, 2.75) is 44.8 Å².